The Morgan fingerprint density at radius 3 is 1.63 bits per heavy atom. The van der Waals surface area contributed by atoms with Crippen LogP contribution in [0.25, 0.3) is 22.3 Å². The van der Waals surface area contributed by atoms with Gasteiger partial charge in [0.25, 0.3) is 0 Å². The highest BCUT2D eigenvalue weighted by atomic mass is 14.1. The van der Waals surface area contributed by atoms with Gasteiger partial charge < -0.3 is 0 Å². The van der Waals surface area contributed by atoms with Crippen LogP contribution < -0.4 is 0 Å². The molecule has 0 amide bonds. The standard InChI is InChI=1S/C30H34/c1-8-11-25(12-9-2)27-18-15-23(6)29(20-27)30-21-28(19-16-24(30)7)26(13-10-3)17-14-22(4)5/h8-22H,1,3H2,2,4-7H3/b12-9-,17-14-,25-11+,26-13+. The second-order valence-electron chi connectivity index (χ2n) is 7.88. The molecule has 0 spiro atoms. The summed E-state index contributed by atoms with van der Waals surface area (Å²) in [5.74, 6) is 0.503. The molecule has 2 aromatic rings. The van der Waals surface area contributed by atoms with E-state index in [9.17, 15) is 0 Å². The second-order valence-corrected chi connectivity index (χ2v) is 7.88. The summed E-state index contributed by atoms with van der Waals surface area (Å²) in [4.78, 5) is 0. The summed E-state index contributed by atoms with van der Waals surface area (Å²) >= 11 is 0. The third kappa shape index (κ3) is 5.94. The Morgan fingerprint density at radius 1 is 0.767 bits per heavy atom. The van der Waals surface area contributed by atoms with Crippen molar-refractivity contribution in [2.45, 2.75) is 34.6 Å². The predicted molar refractivity (Wildman–Crippen MR) is 136 cm³/mol. The third-order valence-electron chi connectivity index (χ3n) is 5.03. The summed E-state index contributed by atoms with van der Waals surface area (Å²) in [5.41, 5.74) is 9.79. The molecule has 0 fully saturated rings. The lowest BCUT2D eigenvalue weighted by molar-refractivity contribution is 0.832. The average Bonchev–Trinajstić information content (AvgIpc) is 2.72. The molecule has 0 heteroatoms. The summed E-state index contributed by atoms with van der Waals surface area (Å²) in [6.07, 6.45) is 16.4. The zero-order valence-electron chi connectivity index (χ0n) is 19.1. The molecule has 0 aliphatic rings. The molecule has 0 unspecified atom stereocenters. The first-order valence-corrected chi connectivity index (χ1v) is 10.6. The van der Waals surface area contributed by atoms with Gasteiger partial charge in [0.2, 0.25) is 0 Å². The second kappa shape index (κ2) is 11.2. The smallest absolute Gasteiger partial charge is 0.0146 e. The van der Waals surface area contributed by atoms with Crippen LogP contribution in [-0.2, 0) is 0 Å². The molecule has 2 rings (SSSR count). The first-order chi connectivity index (χ1) is 14.4. The van der Waals surface area contributed by atoms with Gasteiger partial charge in [-0.3, -0.25) is 0 Å². The van der Waals surface area contributed by atoms with Crippen molar-refractivity contribution in [2.75, 3.05) is 0 Å². The third-order valence-corrected chi connectivity index (χ3v) is 5.03. The Balaban J connectivity index is 2.64. The highest BCUT2D eigenvalue weighted by molar-refractivity contribution is 5.83. The lowest BCUT2D eigenvalue weighted by Crippen LogP contribution is -1.93. The van der Waals surface area contributed by atoms with Gasteiger partial charge in [-0.15, -0.1) is 0 Å². The van der Waals surface area contributed by atoms with Crippen molar-refractivity contribution in [2.24, 2.45) is 5.92 Å². The highest BCUT2D eigenvalue weighted by Gasteiger charge is 2.10. The molecule has 30 heavy (non-hydrogen) atoms. The topological polar surface area (TPSA) is 0 Å². The lowest BCUT2D eigenvalue weighted by atomic mass is 9.90. The Hall–Kier alpha value is -3.12. The molecular formula is C30H34. The molecule has 0 nitrogen and oxygen atoms in total. The first-order valence-electron chi connectivity index (χ1n) is 10.6. The number of hydrogen-bond acceptors (Lipinski definition) is 0. The van der Waals surface area contributed by atoms with Crippen LogP contribution in [0.3, 0.4) is 0 Å². The monoisotopic (exact) mass is 394 g/mol. The molecule has 0 atom stereocenters. The average molecular weight is 395 g/mol. The van der Waals surface area contributed by atoms with Crippen molar-refractivity contribution >= 4 is 11.1 Å². The molecule has 2 aromatic carbocycles. The van der Waals surface area contributed by atoms with Crippen molar-refractivity contribution in [1.82, 2.24) is 0 Å². The van der Waals surface area contributed by atoms with Gasteiger partial charge in [-0.2, -0.15) is 0 Å². The van der Waals surface area contributed by atoms with Crippen LogP contribution in [0.5, 0.6) is 0 Å². The molecule has 0 saturated heterocycles. The molecule has 0 saturated carbocycles. The SMILES string of the molecule is C=C/C=C(\C=C/C)c1ccc(C)c(-c2cc(C(/C=C\C(C)C)=C/C=C)ccc2C)c1. The van der Waals surface area contributed by atoms with Crippen LogP contribution in [0.15, 0.2) is 98.2 Å². The summed E-state index contributed by atoms with van der Waals surface area (Å²) in [5, 5.41) is 0. The van der Waals surface area contributed by atoms with Crippen molar-refractivity contribution in [3.05, 3.63) is 120 Å². The molecule has 154 valence electrons. The number of aryl methyl sites for hydroxylation is 2. The van der Waals surface area contributed by atoms with E-state index in [2.05, 4.69) is 114 Å². The largest absolute Gasteiger partial charge is 0.0990 e. The Bertz CT molecular complexity index is 1020. The van der Waals surface area contributed by atoms with Crippen molar-refractivity contribution < 1.29 is 0 Å². The van der Waals surface area contributed by atoms with Crippen molar-refractivity contribution in [3.8, 4) is 11.1 Å². The Kier molecular flexibility index (Phi) is 8.62. The van der Waals surface area contributed by atoms with Crippen LogP contribution in [-0.4, -0.2) is 0 Å². The van der Waals surface area contributed by atoms with Gasteiger partial charge in [-0.05, 0) is 83.3 Å². The molecular weight excluding hydrogens is 360 g/mol. The normalized spacial score (nSPS) is 12.9. The minimum absolute atomic E-state index is 0.503. The van der Waals surface area contributed by atoms with E-state index in [0.29, 0.717) is 5.92 Å². The van der Waals surface area contributed by atoms with Gasteiger partial charge in [0.15, 0.2) is 0 Å². The maximum Gasteiger partial charge on any atom is -0.0146 e. The number of rotatable bonds is 8. The van der Waals surface area contributed by atoms with Crippen LogP contribution in [0.2, 0.25) is 0 Å². The van der Waals surface area contributed by atoms with Gasteiger partial charge in [-0.1, -0.05) is 99.9 Å². The molecule has 0 N–H and O–H groups in total. The maximum atomic E-state index is 3.90. The highest BCUT2D eigenvalue weighted by Crippen LogP contribution is 2.32. The molecule has 0 aromatic heterocycles. The first kappa shape index (κ1) is 23.2. The lowest BCUT2D eigenvalue weighted by Gasteiger charge is -2.15. The summed E-state index contributed by atoms with van der Waals surface area (Å²) in [6, 6.07) is 13.4. The van der Waals surface area contributed by atoms with E-state index >= 15 is 0 Å². The Morgan fingerprint density at radius 2 is 1.23 bits per heavy atom. The van der Waals surface area contributed by atoms with E-state index in [0.717, 1.165) is 5.57 Å². The number of hydrogen-bond donors (Lipinski definition) is 0. The van der Waals surface area contributed by atoms with E-state index in [4.69, 9.17) is 0 Å². The van der Waals surface area contributed by atoms with Crippen molar-refractivity contribution in [1.29, 1.82) is 0 Å². The maximum absolute atomic E-state index is 3.90. The zero-order chi connectivity index (χ0) is 22.1. The van der Waals surface area contributed by atoms with Crippen molar-refractivity contribution in [3.63, 3.8) is 0 Å². The van der Waals surface area contributed by atoms with E-state index < -0.39 is 0 Å². The number of allylic oxidation sites excluding steroid dienone is 10. The van der Waals surface area contributed by atoms with Gasteiger partial charge >= 0.3 is 0 Å². The minimum atomic E-state index is 0.503. The minimum Gasteiger partial charge on any atom is -0.0990 e. The predicted octanol–water partition coefficient (Wildman–Crippen LogP) is 8.90. The van der Waals surface area contributed by atoms with Gasteiger partial charge in [0.05, 0.1) is 0 Å². The summed E-state index contributed by atoms with van der Waals surface area (Å²) in [7, 11) is 0. The van der Waals surface area contributed by atoms with E-state index in [1.54, 1.807) is 0 Å². The van der Waals surface area contributed by atoms with Gasteiger partial charge in [0.1, 0.15) is 0 Å². The van der Waals surface area contributed by atoms with Crippen LogP contribution in [0.4, 0.5) is 0 Å². The fourth-order valence-corrected chi connectivity index (χ4v) is 3.41. The molecule has 0 aliphatic heterocycles. The van der Waals surface area contributed by atoms with Crippen LogP contribution in [0, 0.1) is 19.8 Å². The number of benzene rings is 2. The summed E-state index contributed by atoms with van der Waals surface area (Å²) < 4.78 is 0. The zero-order valence-corrected chi connectivity index (χ0v) is 19.1. The quantitative estimate of drug-likeness (QED) is 0.392. The fraction of sp³-hybridized carbons (Fsp3) is 0.200. The summed E-state index contributed by atoms with van der Waals surface area (Å²) in [6.45, 7) is 18.5. The Labute approximate surface area is 183 Å². The molecule has 0 aliphatic carbocycles. The van der Waals surface area contributed by atoms with Gasteiger partial charge in [-0.25, -0.2) is 0 Å². The van der Waals surface area contributed by atoms with Gasteiger partial charge in [0, 0.05) is 0 Å². The molecule has 0 bridgehead atoms. The van der Waals surface area contributed by atoms with Crippen LogP contribution in [0.1, 0.15) is 43.0 Å². The van der Waals surface area contributed by atoms with E-state index in [-0.39, 0.29) is 0 Å². The molecule has 0 heterocycles. The van der Waals surface area contributed by atoms with E-state index in [1.807, 2.05) is 19.1 Å². The molecule has 0 radical (unpaired) electrons. The van der Waals surface area contributed by atoms with E-state index in [1.165, 1.54) is 39.0 Å². The fourth-order valence-electron chi connectivity index (χ4n) is 3.41. The van der Waals surface area contributed by atoms with Crippen LogP contribution >= 0.6 is 0 Å².